The van der Waals surface area contributed by atoms with E-state index >= 15 is 0 Å². The molecule has 0 aliphatic heterocycles. The van der Waals surface area contributed by atoms with Crippen molar-refractivity contribution in [1.82, 2.24) is 14.5 Å². The first-order valence-corrected chi connectivity index (χ1v) is 10.6. The molecular weight excluding hydrogens is 433 g/mol. The Bertz CT molecular complexity index is 1240. The fraction of sp³-hybridized carbons (Fsp3) is 0.167. The second-order valence-corrected chi connectivity index (χ2v) is 7.87. The van der Waals surface area contributed by atoms with Crippen LogP contribution in [0.1, 0.15) is 23.1 Å². The molecule has 0 atom stereocenters. The van der Waals surface area contributed by atoms with Crippen molar-refractivity contribution in [2.45, 2.75) is 13.5 Å². The van der Waals surface area contributed by atoms with Gasteiger partial charge < -0.3 is 9.64 Å². The molecule has 0 radical (unpaired) electrons. The Morgan fingerprint density at radius 3 is 2.45 bits per heavy atom. The Morgan fingerprint density at radius 1 is 1.03 bits per heavy atom. The number of benzene rings is 3. The van der Waals surface area contributed by atoms with Crippen LogP contribution in [0.4, 0.5) is 0 Å². The predicted octanol–water partition coefficient (Wildman–Crippen LogP) is 6.00. The number of amides is 1. The Hall–Kier alpha value is -3.02. The molecule has 0 saturated heterocycles. The van der Waals surface area contributed by atoms with Crippen LogP contribution in [0.15, 0.2) is 66.7 Å². The van der Waals surface area contributed by atoms with E-state index in [0.717, 1.165) is 22.5 Å². The maximum atomic E-state index is 13.4. The van der Waals surface area contributed by atoms with E-state index < -0.39 is 0 Å². The number of nitrogens with zero attached hydrogens (tertiary/aromatic N) is 3. The van der Waals surface area contributed by atoms with Crippen LogP contribution in [-0.2, 0) is 6.54 Å². The van der Waals surface area contributed by atoms with E-state index in [1.807, 2.05) is 60.0 Å². The van der Waals surface area contributed by atoms with Crippen molar-refractivity contribution in [2.75, 3.05) is 13.7 Å². The minimum atomic E-state index is -0.174. The van der Waals surface area contributed by atoms with E-state index in [1.165, 1.54) is 7.11 Å². The zero-order valence-electron chi connectivity index (χ0n) is 17.2. The monoisotopic (exact) mass is 453 g/mol. The lowest BCUT2D eigenvalue weighted by Crippen LogP contribution is -2.31. The summed E-state index contributed by atoms with van der Waals surface area (Å²) in [4.78, 5) is 19.9. The molecule has 0 aliphatic carbocycles. The van der Waals surface area contributed by atoms with Gasteiger partial charge in [-0.1, -0.05) is 41.4 Å². The number of imidazole rings is 1. The molecule has 0 N–H and O–H groups in total. The highest BCUT2D eigenvalue weighted by Gasteiger charge is 2.22. The van der Waals surface area contributed by atoms with E-state index in [2.05, 4.69) is 0 Å². The lowest BCUT2D eigenvalue weighted by atomic mass is 10.1. The molecule has 1 amide bonds. The lowest BCUT2D eigenvalue weighted by Gasteiger charge is -2.22. The summed E-state index contributed by atoms with van der Waals surface area (Å²) in [6.45, 7) is 2.74. The SMILES string of the molecule is CCN(Cc1nc2ccc(Cl)cc2n1-c1ccccc1)C(=O)c1cc(Cl)ccc1OC. The van der Waals surface area contributed by atoms with Gasteiger partial charge in [-0.2, -0.15) is 0 Å². The number of carbonyl (C=O) groups excluding carboxylic acids is 1. The standard InChI is InChI=1S/C24H21Cl2N3O2/c1-3-28(24(30)19-13-16(25)10-12-22(19)31-2)15-23-27-20-11-9-17(26)14-21(20)29(23)18-7-5-4-6-8-18/h4-14H,3,15H2,1-2H3. The fourth-order valence-electron chi connectivity index (χ4n) is 3.59. The number of carbonyl (C=O) groups is 1. The van der Waals surface area contributed by atoms with Gasteiger partial charge in [0.2, 0.25) is 0 Å². The first-order chi connectivity index (χ1) is 15.0. The second-order valence-electron chi connectivity index (χ2n) is 7.00. The molecule has 158 valence electrons. The molecular formula is C24H21Cl2N3O2. The van der Waals surface area contributed by atoms with Crippen LogP contribution in [0.2, 0.25) is 10.0 Å². The zero-order chi connectivity index (χ0) is 22.0. The number of methoxy groups -OCH3 is 1. The first-order valence-electron chi connectivity index (χ1n) is 9.87. The van der Waals surface area contributed by atoms with E-state index in [9.17, 15) is 4.79 Å². The molecule has 5 nitrogen and oxygen atoms in total. The van der Waals surface area contributed by atoms with Crippen LogP contribution >= 0.6 is 23.2 Å². The molecule has 1 heterocycles. The van der Waals surface area contributed by atoms with Gasteiger partial charge in [0, 0.05) is 22.3 Å². The number of para-hydroxylation sites is 1. The molecule has 1 aromatic heterocycles. The normalized spacial score (nSPS) is 11.0. The highest BCUT2D eigenvalue weighted by atomic mass is 35.5. The minimum Gasteiger partial charge on any atom is -0.496 e. The molecule has 4 rings (SSSR count). The third-order valence-corrected chi connectivity index (χ3v) is 5.56. The van der Waals surface area contributed by atoms with Crippen molar-refractivity contribution in [3.8, 4) is 11.4 Å². The molecule has 3 aromatic carbocycles. The van der Waals surface area contributed by atoms with Gasteiger partial charge in [-0.15, -0.1) is 0 Å². The highest BCUT2D eigenvalue weighted by Crippen LogP contribution is 2.27. The number of ether oxygens (including phenoxy) is 1. The maximum absolute atomic E-state index is 13.4. The molecule has 31 heavy (non-hydrogen) atoms. The van der Waals surface area contributed by atoms with Crippen LogP contribution in [0.3, 0.4) is 0 Å². The first kappa shape index (κ1) is 21.2. The lowest BCUT2D eigenvalue weighted by molar-refractivity contribution is 0.0744. The van der Waals surface area contributed by atoms with Crippen LogP contribution in [0.5, 0.6) is 5.75 Å². The van der Waals surface area contributed by atoms with E-state index in [4.69, 9.17) is 32.9 Å². The molecule has 4 aromatic rings. The Morgan fingerprint density at radius 2 is 1.74 bits per heavy atom. The number of fused-ring (bicyclic) bond motifs is 1. The predicted molar refractivity (Wildman–Crippen MR) is 124 cm³/mol. The summed E-state index contributed by atoms with van der Waals surface area (Å²) in [5.41, 5.74) is 3.07. The summed E-state index contributed by atoms with van der Waals surface area (Å²) >= 11 is 12.4. The molecule has 7 heteroatoms. The largest absolute Gasteiger partial charge is 0.496 e. The zero-order valence-corrected chi connectivity index (χ0v) is 18.7. The van der Waals surface area contributed by atoms with Gasteiger partial charge in [-0.3, -0.25) is 9.36 Å². The van der Waals surface area contributed by atoms with Gasteiger partial charge in [0.1, 0.15) is 11.6 Å². The van der Waals surface area contributed by atoms with Gasteiger partial charge in [0.05, 0.1) is 30.3 Å². The molecule has 0 saturated carbocycles. The summed E-state index contributed by atoms with van der Waals surface area (Å²) in [7, 11) is 1.54. The molecule has 0 unspecified atom stereocenters. The van der Waals surface area contributed by atoms with Gasteiger partial charge in [0.25, 0.3) is 5.91 Å². The number of rotatable bonds is 6. The fourth-order valence-corrected chi connectivity index (χ4v) is 3.92. The van der Waals surface area contributed by atoms with Crippen LogP contribution in [0, 0.1) is 0 Å². The van der Waals surface area contributed by atoms with Crippen LogP contribution in [0.25, 0.3) is 16.7 Å². The van der Waals surface area contributed by atoms with Gasteiger partial charge in [-0.25, -0.2) is 4.98 Å². The molecule has 0 bridgehead atoms. The van der Waals surface area contributed by atoms with Crippen molar-refractivity contribution in [3.05, 3.63) is 88.2 Å². The maximum Gasteiger partial charge on any atom is 0.258 e. The number of aromatic nitrogens is 2. The summed E-state index contributed by atoms with van der Waals surface area (Å²) < 4.78 is 7.41. The van der Waals surface area contributed by atoms with Gasteiger partial charge >= 0.3 is 0 Å². The molecule has 0 spiro atoms. The minimum absolute atomic E-state index is 0.174. The van der Waals surface area contributed by atoms with Crippen LogP contribution in [-0.4, -0.2) is 34.0 Å². The van der Waals surface area contributed by atoms with Gasteiger partial charge in [0.15, 0.2) is 0 Å². The van der Waals surface area contributed by atoms with Gasteiger partial charge in [-0.05, 0) is 55.5 Å². The van der Waals surface area contributed by atoms with Crippen molar-refractivity contribution < 1.29 is 9.53 Å². The summed E-state index contributed by atoms with van der Waals surface area (Å²) in [6, 6.07) is 20.5. The average molecular weight is 454 g/mol. The van der Waals surface area contributed by atoms with Crippen molar-refractivity contribution in [2.24, 2.45) is 0 Å². The Balaban J connectivity index is 1.78. The van der Waals surface area contributed by atoms with E-state index in [1.54, 1.807) is 23.1 Å². The summed E-state index contributed by atoms with van der Waals surface area (Å²) in [5, 5.41) is 1.11. The average Bonchev–Trinajstić information content (AvgIpc) is 3.14. The van der Waals surface area contributed by atoms with Crippen molar-refractivity contribution >= 4 is 40.1 Å². The van der Waals surface area contributed by atoms with Crippen molar-refractivity contribution in [3.63, 3.8) is 0 Å². The quantitative estimate of drug-likeness (QED) is 0.359. The molecule has 0 aliphatic rings. The van der Waals surface area contributed by atoms with Crippen LogP contribution < -0.4 is 4.74 Å². The summed E-state index contributed by atoms with van der Waals surface area (Å²) in [6.07, 6.45) is 0. The number of halogens is 2. The van der Waals surface area contributed by atoms with E-state index in [-0.39, 0.29) is 5.91 Å². The smallest absolute Gasteiger partial charge is 0.258 e. The van der Waals surface area contributed by atoms with E-state index in [0.29, 0.717) is 34.4 Å². The number of hydrogen-bond acceptors (Lipinski definition) is 3. The topological polar surface area (TPSA) is 47.4 Å². The number of hydrogen-bond donors (Lipinski definition) is 0. The third kappa shape index (κ3) is 4.24. The highest BCUT2D eigenvalue weighted by molar-refractivity contribution is 6.31. The Labute approximate surface area is 190 Å². The third-order valence-electron chi connectivity index (χ3n) is 5.09. The molecule has 0 fully saturated rings. The Kier molecular flexibility index (Phi) is 6.16. The summed E-state index contributed by atoms with van der Waals surface area (Å²) in [5.74, 6) is 1.04. The second kappa shape index (κ2) is 9.00. The van der Waals surface area contributed by atoms with Crippen molar-refractivity contribution in [1.29, 1.82) is 0 Å².